The molecule has 0 atom stereocenters. The highest BCUT2D eigenvalue weighted by Gasteiger charge is 2.02. The van der Waals surface area contributed by atoms with Crippen molar-refractivity contribution < 1.29 is 4.79 Å². The second-order valence-corrected chi connectivity index (χ2v) is 4.40. The van der Waals surface area contributed by atoms with Crippen molar-refractivity contribution in [2.75, 3.05) is 0 Å². The standard InChI is InChI=1S/C13H10BrN3O/c14-12-3-1-11(2-4-12)13(18)17-16-9-10-5-7-15-8-6-10/h1-9H,(H,17,18)/b16-9-. The molecule has 0 saturated carbocycles. The van der Waals surface area contributed by atoms with Crippen molar-refractivity contribution in [3.8, 4) is 0 Å². The third kappa shape index (κ3) is 3.49. The van der Waals surface area contributed by atoms with E-state index in [2.05, 4.69) is 31.4 Å². The van der Waals surface area contributed by atoms with Gasteiger partial charge in [0.25, 0.3) is 5.91 Å². The van der Waals surface area contributed by atoms with Crippen LogP contribution in [0.5, 0.6) is 0 Å². The fraction of sp³-hybridized carbons (Fsp3) is 0. The number of rotatable bonds is 3. The van der Waals surface area contributed by atoms with Gasteiger partial charge in [-0.1, -0.05) is 15.9 Å². The molecule has 1 aromatic carbocycles. The van der Waals surface area contributed by atoms with Crippen molar-refractivity contribution in [2.45, 2.75) is 0 Å². The number of hydrazone groups is 1. The average Bonchev–Trinajstić information content (AvgIpc) is 2.40. The number of pyridine rings is 1. The van der Waals surface area contributed by atoms with Crippen LogP contribution in [0, 0.1) is 0 Å². The van der Waals surface area contributed by atoms with Crippen LogP contribution in [0.1, 0.15) is 15.9 Å². The van der Waals surface area contributed by atoms with Gasteiger partial charge in [0.15, 0.2) is 0 Å². The van der Waals surface area contributed by atoms with Gasteiger partial charge in [-0.3, -0.25) is 9.78 Å². The number of nitrogens with zero attached hydrogens (tertiary/aromatic N) is 2. The van der Waals surface area contributed by atoms with Gasteiger partial charge < -0.3 is 0 Å². The van der Waals surface area contributed by atoms with Crippen LogP contribution < -0.4 is 5.43 Å². The molecule has 2 aromatic rings. The Bertz CT molecular complexity index is 552. The van der Waals surface area contributed by atoms with Gasteiger partial charge in [0.1, 0.15) is 0 Å². The van der Waals surface area contributed by atoms with Crippen LogP contribution in [0.2, 0.25) is 0 Å². The molecule has 0 radical (unpaired) electrons. The molecule has 0 spiro atoms. The van der Waals surface area contributed by atoms with E-state index < -0.39 is 0 Å². The van der Waals surface area contributed by atoms with Gasteiger partial charge in [-0.2, -0.15) is 5.10 Å². The van der Waals surface area contributed by atoms with Gasteiger partial charge in [0.2, 0.25) is 0 Å². The maximum absolute atomic E-state index is 11.7. The molecular formula is C13H10BrN3O. The summed E-state index contributed by atoms with van der Waals surface area (Å²) >= 11 is 3.31. The van der Waals surface area contributed by atoms with Crippen LogP contribution >= 0.6 is 15.9 Å². The van der Waals surface area contributed by atoms with Crippen molar-refractivity contribution in [3.05, 3.63) is 64.4 Å². The number of hydrogen-bond acceptors (Lipinski definition) is 3. The Morgan fingerprint density at radius 1 is 1.17 bits per heavy atom. The summed E-state index contributed by atoms with van der Waals surface area (Å²) < 4.78 is 0.930. The van der Waals surface area contributed by atoms with E-state index in [0.717, 1.165) is 10.0 Å². The minimum Gasteiger partial charge on any atom is -0.267 e. The first kappa shape index (κ1) is 12.4. The molecular weight excluding hydrogens is 294 g/mol. The van der Waals surface area contributed by atoms with Crippen molar-refractivity contribution in [1.29, 1.82) is 0 Å². The number of halogens is 1. The van der Waals surface area contributed by atoms with E-state index in [1.807, 2.05) is 12.1 Å². The highest BCUT2D eigenvalue weighted by molar-refractivity contribution is 9.10. The van der Waals surface area contributed by atoms with Crippen molar-refractivity contribution in [1.82, 2.24) is 10.4 Å². The molecule has 0 unspecified atom stereocenters. The van der Waals surface area contributed by atoms with Crippen molar-refractivity contribution in [2.24, 2.45) is 5.10 Å². The zero-order valence-electron chi connectivity index (χ0n) is 9.38. The third-order valence-electron chi connectivity index (χ3n) is 2.19. The Balaban J connectivity index is 1.96. The van der Waals surface area contributed by atoms with Crippen LogP contribution in [0.15, 0.2) is 58.4 Å². The van der Waals surface area contributed by atoms with Gasteiger partial charge in [-0.15, -0.1) is 0 Å². The summed E-state index contributed by atoms with van der Waals surface area (Å²) in [5, 5.41) is 3.88. The monoisotopic (exact) mass is 303 g/mol. The van der Waals surface area contributed by atoms with Crippen LogP contribution in [0.3, 0.4) is 0 Å². The van der Waals surface area contributed by atoms with Crippen LogP contribution in [0.4, 0.5) is 0 Å². The van der Waals surface area contributed by atoms with E-state index >= 15 is 0 Å². The maximum Gasteiger partial charge on any atom is 0.271 e. The van der Waals surface area contributed by atoms with Crippen LogP contribution in [0.25, 0.3) is 0 Å². The third-order valence-corrected chi connectivity index (χ3v) is 2.72. The highest BCUT2D eigenvalue weighted by Crippen LogP contribution is 2.10. The highest BCUT2D eigenvalue weighted by atomic mass is 79.9. The van der Waals surface area contributed by atoms with Gasteiger partial charge in [0, 0.05) is 22.4 Å². The Morgan fingerprint density at radius 2 is 1.83 bits per heavy atom. The molecule has 18 heavy (non-hydrogen) atoms. The smallest absolute Gasteiger partial charge is 0.267 e. The first-order valence-electron chi connectivity index (χ1n) is 5.25. The van der Waals surface area contributed by atoms with Gasteiger partial charge in [0.05, 0.1) is 6.21 Å². The Kier molecular flexibility index (Phi) is 4.20. The number of amides is 1. The van der Waals surface area contributed by atoms with Gasteiger partial charge >= 0.3 is 0 Å². The minimum atomic E-state index is -0.243. The molecule has 0 bridgehead atoms. The number of benzene rings is 1. The summed E-state index contributed by atoms with van der Waals surface area (Å²) in [4.78, 5) is 15.6. The summed E-state index contributed by atoms with van der Waals surface area (Å²) in [6.45, 7) is 0. The summed E-state index contributed by atoms with van der Waals surface area (Å²) in [6, 6.07) is 10.7. The van der Waals surface area contributed by atoms with E-state index in [9.17, 15) is 4.79 Å². The molecule has 0 aliphatic carbocycles. The molecule has 0 aliphatic rings. The lowest BCUT2D eigenvalue weighted by molar-refractivity contribution is 0.0955. The van der Waals surface area contributed by atoms with Crippen molar-refractivity contribution in [3.63, 3.8) is 0 Å². The van der Waals surface area contributed by atoms with Gasteiger partial charge in [-0.25, -0.2) is 5.43 Å². The van der Waals surface area contributed by atoms with Crippen molar-refractivity contribution >= 4 is 28.1 Å². The predicted octanol–water partition coefficient (Wildman–Crippen LogP) is 2.61. The summed E-state index contributed by atoms with van der Waals surface area (Å²) in [6.07, 6.45) is 4.90. The molecule has 0 fully saturated rings. The number of nitrogens with one attached hydrogen (secondary N) is 1. The SMILES string of the molecule is O=C(N/N=C\c1ccncc1)c1ccc(Br)cc1. The van der Waals surface area contributed by atoms with E-state index in [1.165, 1.54) is 0 Å². The largest absolute Gasteiger partial charge is 0.271 e. The molecule has 0 saturated heterocycles. The molecule has 1 heterocycles. The Hall–Kier alpha value is -2.01. The Morgan fingerprint density at radius 3 is 2.50 bits per heavy atom. The zero-order chi connectivity index (χ0) is 12.8. The summed E-state index contributed by atoms with van der Waals surface area (Å²) in [7, 11) is 0. The molecule has 5 heteroatoms. The van der Waals surface area contributed by atoms with E-state index in [0.29, 0.717) is 5.56 Å². The molecule has 4 nitrogen and oxygen atoms in total. The molecule has 1 amide bonds. The lowest BCUT2D eigenvalue weighted by atomic mass is 10.2. The topological polar surface area (TPSA) is 54.4 Å². The molecule has 2 rings (SSSR count). The first-order valence-corrected chi connectivity index (χ1v) is 6.04. The number of carbonyl (C=O) groups is 1. The number of carbonyl (C=O) groups excluding carboxylic acids is 1. The van der Waals surface area contributed by atoms with Crippen LogP contribution in [-0.4, -0.2) is 17.1 Å². The second-order valence-electron chi connectivity index (χ2n) is 3.49. The number of hydrogen-bond donors (Lipinski definition) is 1. The van der Waals surface area contributed by atoms with E-state index in [-0.39, 0.29) is 5.91 Å². The lowest BCUT2D eigenvalue weighted by Gasteiger charge is -1.99. The fourth-order valence-corrected chi connectivity index (χ4v) is 1.55. The molecule has 0 aliphatic heterocycles. The molecule has 1 aromatic heterocycles. The zero-order valence-corrected chi connectivity index (χ0v) is 11.0. The second kappa shape index (κ2) is 6.07. The van der Waals surface area contributed by atoms with E-state index in [4.69, 9.17) is 0 Å². The average molecular weight is 304 g/mol. The fourth-order valence-electron chi connectivity index (χ4n) is 1.28. The lowest BCUT2D eigenvalue weighted by Crippen LogP contribution is -2.17. The van der Waals surface area contributed by atoms with E-state index in [1.54, 1.807) is 42.9 Å². The van der Waals surface area contributed by atoms with Gasteiger partial charge in [-0.05, 0) is 42.0 Å². The minimum absolute atomic E-state index is 0.243. The maximum atomic E-state index is 11.7. The quantitative estimate of drug-likeness (QED) is 0.700. The summed E-state index contributed by atoms with van der Waals surface area (Å²) in [5.41, 5.74) is 3.90. The number of aromatic nitrogens is 1. The molecule has 1 N–H and O–H groups in total. The van der Waals surface area contributed by atoms with Crippen LogP contribution in [-0.2, 0) is 0 Å². The normalized spacial score (nSPS) is 10.5. The Labute approximate surface area is 113 Å². The summed E-state index contributed by atoms with van der Waals surface area (Å²) in [5.74, 6) is -0.243. The first-order chi connectivity index (χ1) is 8.75. The molecule has 90 valence electrons. The predicted molar refractivity (Wildman–Crippen MR) is 73.4 cm³/mol.